The number of nitrogens with zero attached hydrogens (tertiary/aromatic N) is 1. The summed E-state index contributed by atoms with van der Waals surface area (Å²) in [6.45, 7) is 5.25. The third kappa shape index (κ3) is 5.65. The summed E-state index contributed by atoms with van der Waals surface area (Å²) in [7, 11) is 5.17. The monoisotopic (exact) mass is 563 g/mol. The Bertz CT molecular complexity index is 1540. The molecule has 0 radical (unpaired) electrons. The second-order valence-corrected chi connectivity index (χ2v) is 12.2. The summed E-state index contributed by atoms with van der Waals surface area (Å²) in [4.78, 5) is 31.3. The molecule has 9 heteroatoms. The van der Waals surface area contributed by atoms with Crippen molar-refractivity contribution in [3.63, 3.8) is 0 Å². The van der Waals surface area contributed by atoms with Gasteiger partial charge >= 0.3 is 6.09 Å². The van der Waals surface area contributed by atoms with E-state index in [4.69, 9.17) is 4.74 Å². The average Bonchev–Trinajstić information content (AvgIpc) is 3.18. The van der Waals surface area contributed by atoms with Crippen molar-refractivity contribution in [2.75, 3.05) is 19.8 Å². The molecule has 3 aromatic carbocycles. The zero-order valence-corrected chi connectivity index (χ0v) is 23.9. The van der Waals surface area contributed by atoms with Gasteiger partial charge in [0.15, 0.2) is 0 Å². The highest BCUT2D eigenvalue weighted by molar-refractivity contribution is 8.76. The molecule has 0 spiro atoms. The van der Waals surface area contributed by atoms with E-state index in [0.29, 0.717) is 30.6 Å². The molecule has 0 unspecified atom stereocenters. The van der Waals surface area contributed by atoms with Gasteiger partial charge in [0.1, 0.15) is 12.4 Å². The van der Waals surface area contributed by atoms with E-state index in [9.17, 15) is 14.0 Å². The predicted molar refractivity (Wildman–Crippen MR) is 157 cm³/mol. The van der Waals surface area contributed by atoms with Crippen LogP contribution >= 0.6 is 21.6 Å². The number of aromatic nitrogens is 1. The van der Waals surface area contributed by atoms with Crippen molar-refractivity contribution >= 4 is 44.5 Å². The number of aromatic amines is 1. The van der Waals surface area contributed by atoms with Gasteiger partial charge in [0.25, 0.3) is 5.91 Å². The van der Waals surface area contributed by atoms with Gasteiger partial charge in [-0.05, 0) is 72.0 Å². The summed E-state index contributed by atoms with van der Waals surface area (Å²) in [6.07, 6.45) is 2.31. The SMILES string of the molecule is CSSc1c(C)cc(COC(=O)N(C)Cc2ccc(-c3[nH]c4cc(F)cc5c4c3CCNC5=O)cc2)cc1C. The highest BCUT2D eigenvalue weighted by Gasteiger charge is 2.23. The lowest BCUT2D eigenvalue weighted by Crippen LogP contribution is -2.26. The first-order valence-corrected chi connectivity index (χ1v) is 15.2. The smallest absolute Gasteiger partial charge is 0.410 e. The lowest BCUT2D eigenvalue weighted by Gasteiger charge is -2.18. The number of benzene rings is 3. The van der Waals surface area contributed by atoms with Gasteiger partial charge < -0.3 is 19.9 Å². The molecule has 1 aromatic heterocycles. The number of aryl methyl sites for hydroxylation is 2. The van der Waals surface area contributed by atoms with E-state index in [1.54, 1.807) is 33.5 Å². The summed E-state index contributed by atoms with van der Waals surface area (Å²) in [5, 5.41) is 3.62. The van der Waals surface area contributed by atoms with Gasteiger partial charge in [-0.25, -0.2) is 9.18 Å². The van der Waals surface area contributed by atoms with Crippen molar-refractivity contribution < 1.29 is 18.7 Å². The molecule has 2 N–H and O–H groups in total. The average molecular weight is 564 g/mol. The van der Waals surface area contributed by atoms with E-state index in [1.165, 1.54) is 28.2 Å². The number of H-pyrrole nitrogens is 1. The molecule has 0 aliphatic carbocycles. The van der Waals surface area contributed by atoms with E-state index < -0.39 is 5.82 Å². The van der Waals surface area contributed by atoms with Crippen molar-refractivity contribution in [2.24, 2.45) is 0 Å². The van der Waals surface area contributed by atoms with Crippen LogP contribution in [0.15, 0.2) is 53.4 Å². The Kier molecular flexibility index (Phi) is 7.91. The van der Waals surface area contributed by atoms with Crippen LogP contribution in [0, 0.1) is 19.7 Å². The Morgan fingerprint density at radius 1 is 1.08 bits per heavy atom. The van der Waals surface area contributed by atoms with E-state index in [2.05, 4.69) is 42.5 Å². The van der Waals surface area contributed by atoms with Crippen LogP contribution in [-0.4, -0.2) is 41.7 Å². The zero-order chi connectivity index (χ0) is 27.7. The topological polar surface area (TPSA) is 74.4 Å². The number of carbonyl (C=O) groups excluding carboxylic acids is 2. The first-order chi connectivity index (χ1) is 18.7. The normalized spacial score (nSPS) is 12.8. The molecule has 4 aromatic rings. The molecule has 0 saturated heterocycles. The molecule has 0 bridgehead atoms. The van der Waals surface area contributed by atoms with E-state index in [1.807, 2.05) is 24.3 Å². The Balaban J connectivity index is 1.27. The van der Waals surface area contributed by atoms with Gasteiger partial charge in [-0.2, -0.15) is 0 Å². The quantitative estimate of drug-likeness (QED) is 0.237. The lowest BCUT2D eigenvalue weighted by atomic mass is 9.99. The van der Waals surface area contributed by atoms with E-state index in [0.717, 1.165) is 33.3 Å². The van der Waals surface area contributed by atoms with Crippen LogP contribution in [0.5, 0.6) is 0 Å². The van der Waals surface area contributed by atoms with Crippen LogP contribution in [0.2, 0.25) is 0 Å². The fraction of sp³-hybridized carbons (Fsp3) is 0.267. The Morgan fingerprint density at radius 3 is 2.49 bits per heavy atom. The third-order valence-electron chi connectivity index (χ3n) is 6.89. The van der Waals surface area contributed by atoms with Gasteiger partial charge in [-0.3, -0.25) is 4.79 Å². The summed E-state index contributed by atoms with van der Waals surface area (Å²) < 4.78 is 19.8. The second kappa shape index (κ2) is 11.4. The molecule has 39 heavy (non-hydrogen) atoms. The summed E-state index contributed by atoms with van der Waals surface area (Å²) in [5.74, 6) is -0.706. The van der Waals surface area contributed by atoms with Gasteiger partial charge in [0.05, 0.1) is 5.56 Å². The predicted octanol–water partition coefficient (Wildman–Crippen LogP) is 7.02. The molecular weight excluding hydrogens is 533 g/mol. The fourth-order valence-corrected chi connectivity index (χ4v) is 6.98. The van der Waals surface area contributed by atoms with Gasteiger partial charge in [-0.15, -0.1) is 0 Å². The van der Waals surface area contributed by atoms with Crippen molar-refractivity contribution in [3.8, 4) is 11.3 Å². The molecule has 0 atom stereocenters. The molecular formula is C30H30FN3O3S2. The second-order valence-electron chi connectivity index (χ2n) is 9.78. The number of nitrogens with one attached hydrogen (secondary N) is 2. The minimum Gasteiger partial charge on any atom is -0.445 e. The van der Waals surface area contributed by atoms with Gasteiger partial charge in [0.2, 0.25) is 0 Å². The van der Waals surface area contributed by atoms with Gasteiger partial charge in [0, 0.05) is 41.6 Å². The number of hydrogen-bond acceptors (Lipinski definition) is 5. The van der Waals surface area contributed by atoms with Crippen LogP contribution in [-0.2, 0) is 24.3 Å². The number of rotatable bonds is 7. The van der Waals surface area contributed by atoms with Crippen molar-refractivity contribution in [2.45, 2.75) is 38.3 Å². The maximum absolute atomic E-state index is 14.2. The Morgan fingerprint density at radius 2 is 1.79 bits per heavy atom. The molecule has 2 heterocycles. The number of ether oxygens (including phenoxy) is 1. The molecule has 0 saturated carbocycles. The van der Waals surface area contributed by atoms with Crippen LogP contribution in [0.4, 0.5) is 9.18 Å². The maximum atomic E-state index is 14.2. The van der Waals surface area contributed by atoms with Gasteiger partial charge in [-0.1, -0.05) is 58.0 Å². The lowest BCUT2D eigenvalue weighted by molar-refractivity contribution is 0.0956. The largest absolute Gasteiger partial charge is 0.445 e. The molecule has 0 fully saturated rings. The molecule has 2 amide bonds. The minimum absolute atomic E-state index is 0.219. The highest BCUT2D eigenvalue weighted by atomic mass is 33.1. The molecule has 202 valence electrons. The number of hydrogen-bond donors (Lipinski definition) is 2. The first-order valence-electron chi connectivity index (χ1n) is 12.7. The number of amides is 2. The standard InChI is InChI=1S/C30H30FN3O3S2/c1-17-11-20(12-18(2)28(17)39-38-4)16-37-30(36)34(3)15-19-5-7-21(8-6-19)27-23-9-10-32-29(35)24-13-22(31)14-25(33-27)26(23)24/h5-8,11-14,33H,9-10,15-16H2,1-4H3,(H,32,35). The Hall–Kier alpha value is -3.43. The highest BCUT2D eigenvalue weighted by Crippen LogP contribution is 2.36. The van der Waals surface area contributed by atoms with E-state index >= 15 is 0 Å². The fourth-order valence-electron chi connectivity index (χ4n) is 5.15. The summed E-state index contributed by atoms with van der Waals surface area (Å²) >= 11 is 0. The van der Waals surface area contributed by atoms with Crippen LogP contribution in [0.25, 0.3) is 22.2 Å². The van der Waals surface area contributed by atoms with Crippen LogP contribution < -0.4 is 5.32 Å². The summed E-state index contributed by atoms with van der Waals surface area (Å²) in [6, 6.07) is 14.8. The number of carbonyl (C=O) groups is 2. The third-order valence-corrected chi connectivity index (χ3v) is 8.87. The zero-order valence-electron chi connectivity index (χ0n) is 22.3. The molecule has 1 aliphatic rings. The first kappa shape index (κ1) is 27.1. The van der Waals surface area contributed by atoms with Crippen molar-refractivity contribution in [3.05, 3.63) is 87.7 Å². The van der Waals surface area contributed by atoms with Crippen LogP contribution in [0.3, 0.4) is 0 Å². The molecule has 6 nitrogen and oxygen atoms in total. The number of halogens is 1. The maximum Gasteiger partial charge on any atom is 0.410 e. The molecule has 1 aliphatic heterocycles. The molecule has 5 rings (SSSR count). The van der Waals surface area contributed by atoms with Crippen molar-refractivity contribution in [1.82, 2.24) is 15.2 Å². The Labute approximate surface area is 235 Å². The van der Waals surface area contributed by atoms with E-state index in [-0.39, 0.29) is 18.6 Å². The summed E-state index contributed by atoms with van der Waals surface area (Å²) in [5.41, 5.74) is 8.06. The van der Waals surface area contributed by atoms with Crippen LogP contribution in [0.1, 0.15) is 38.2 Å². The minimum atomic E-state index is -0.448. The van der Waals surface area contributed by atoms with Crippen molar-refractivity contribution in [1.29, 1.82) is 0 Å².